The average Bonchev–Trinajstić information content (AvgIpc) is 3.32. The highest BCUT2D eigenvalue weighted by atomic mass is 32.1. The lowest BCUT2D eigenvalue weighted by Crippen LogP contribution is -2.05. The molecule has 4 rings (SSSR count). The van der Waals surface area contributed by atoms with E-state index in [9.17, 15) is 13.2 Å². The van der Waals surface area contributed by atoms with Crippen molar-refractivity contribution in [1.29, 1.82) is 0 Å². The van der Waals surface area contributed by atoms with Crippen LogP contribution < -0.4 is 10.1 Å². The molecule has 166 valence electrons. The number of nitrogens with zero attached hydrogens (tertiary/aromatic N) is 3. The molecule has 2 aromatic heterocycles. The maximum atomic E-state index is 13.0. The van der Waals surface area contributed by atoms with Crippen molar-refractivity contribution >= 4 is 22.2 Å². The van der Waals surface area contributed by atoms with Crippen molar-refractivity contribution in [2.45, 2.75) is 26.4 Å². The van der Waals surface area contributed by atoms with E-state index in [2.05, 4.69) is 15.3 Å². The van der Waals surface area contributed by atoms with Gasteiger partial charge in [0.05, 0.1) is 36.1 Å². The number of anilines is 2. The number of ether oxygens (including phenoxy) is 1. The SMILES string of the molecule is COc1cc(Nc2nc(C)c(Cc3cccc(C(F)(F)F)c3)s2)ccc1-n1cnc(C)c1. The first kappa shape index (κ1) is 21.9. The summed E-state index contributed by atoms with van der Waals surface area (Å²) in [6, 6.07) is 11.1. The molecule has 0 aliphatic carbocycles. The molecule has 0 saturated carbocycles. The second-order valence-electron chi connectivity index (χ2n) is 7.34. The van der Waals surface area contributed by atoms with Gasteiger partial charge in [-0.05, 0) is 37.6 Å². The molecular formula is C23H21F3N4OS. The zero-order chi connectivity index (χ0) is 22.9. The van der Waals surface area contributed by atoms with Crippen LogP contribution in [0.25, 0.3) is 5.69 Å². The zero-order valence-electron chi connectivity index (χ0n) is 17.7. The molecule has 0 atom stereocenters. The number of benzene rings is 2. The molecule has 0 amide bonds. The topological polar surface area (TPSA) is 52.0 Å². The highest BCUT2D eigenvalue weighted by molar-refractivity contribution is 7.15. The lowest BCUT2D eigenvalue weighted by atomic mass is 10.1. The minimum Gasteiger partial charge on any atom is -0.494 e. The maximum absolute atomic E-state index is 13.0. The number of aryl methyl sites for hydroxylation is 2. The number of thiazole rings is 1. The minimum absolute atomic E-state index is 0.386. The number of hydrogen-bond donors (Lipinski definition) is 1. The van der Waals surface area contributed by atoms with E-state index < -0.39 is 11.7 Å². The van der Waals surface area contributed by atoms with Gasteiger partial charge in [0.1, 0.15) is 5.75 Å². The second-order valence-corrected chi connectivity index (χ2v) is 8.42. The van der Waals surface area contributed by atoms with E-state index in [0.717, 1.165) is 33.7 Å². The quantitative estimate of drug-likeness (QED) is 0.368. The molecule has 0 fully saturated rings. The fourth-order valence-corrected chi connectivity index (χ4v) is 4.35. The molecule has 5 nitrogen and oxygen atoms in total. The van der Waals surface area contributed by atoms with Gasteiger partial charge in [-0.1, -0.05) is 18.2 Å². The molecular weight excluding hydrogens is 437 g/mol. The summed E-state index contributed by atoms with van der Waals surface area (Å²) in [5.41, 5.74) is 3.30. The van der Waals surface area contributed by atoms with Crippen molar-refractivity contribution in [3.8, 4) is 11.4 Å². The fraction of sp³-hybridized carbons (Fsp3) is 0.217. The number of methoxy groups -OCH3 is 1. The van der Waals surface area contributed by atoms with Crippen molar-refractivity contribution < 1.29 is 17.9 Å². The van der Waals surface area contributed by atoms with E-state index in [1.807, 2.05) is 42.8 Å². The number of halogens is 3. The lowest BCUT2D eigenvalue weighted by Gasteiger charge is -2.11. The summed E-state index contributed by atoms with van der Waals surface area (Å²) in [7, 11) is 1.60. The Morgan fingerprint density at radius 3 is 2.62 bits per heavy atom. The summed E-state index contributed by atoms with van der Waals surface area (Å²) in [5, 5.41) is 3.93. The van der Waals surface area contributed by atoms with Gasteiger partial charge in [0, 0.05) is 29.2 Å². The van der Waals surface area contributed by atoms with Gasteiger partial charge in [-0.25, -0.2) is 9.97 Å². The van der Waals surface area contributed by atoms with E-state index in [0.29, 0.717) is 22.9 Å². The maximum Gasteiger partial charge on any atom is 0.416 e. The number of nitrogens with one attached hydrogen (secondary N) is 1. The summed E-state index contributed by atoms with van der Waals surface area (Å²) >= 11 is 1.42. The fourth-order valence-electron chi connectivity index (χ4n) is 3.33. The molecule has 2 aromatic carbocycles. The summed E-state index contributed by atoms with van der Waals surface area (Å²) < 4.78 is 46.4. The molecule has 0 radical (unpaired) electrons. The Labute approximate surface area is 187 Å². The van der Waals surface area contributed by atoms with Crippen LogP contribution in [0.15, 0.2) is 55.0 Å². The monoisotopic (exact) mass is 458 g/mol. The third kappa shape index (κ3) is 4.77. The first-order valence-corrected chi connectivity index (χ1v) is 10.6. The van der Waals surface area contributed by atoms with Crippen LogP contribution in [-0.2, 0) is 12.6 Å². The molecule has 32 heavy (non-hydrogen) atoms. The largest absolute Gasteiger partial charge is 0.494 e. The number of hydrogen-bond acceptors (Lipinski definition) is 5. The van der Waals surface area contributed by atoms with Crippen LogP contribution in [-0.4, -0.2) is 21.6 Å². The first-order chi connectivity index (χ1) is 15.2. The Morgan fingerprint density at radius 2 is 1.94 bits per heavy atom. The number of rotatable bonds is 6. The van der Waals surface area contributed by atoms with Crippen LogP contribution in [0.1, 0.15) is 27.4 Å². The highest BCUT2D eigenvalue weighted by Crippen LogP contribution is 2.33. The van der Waals surface area contributed by atoms with E-state index in [1.165, 1.54) is 23.5 Å². The smallest absolute Gasteiger partial charge is 0.416 e. The van der Waals surface area contributed by atoms with E-state index >= 15 is 0 Å². The first-order valence-electron chi connectivity index (χ1n) is 9.81. The molecule has 0 aliphatic heterocycles. The number of aromatic nitrogens is 3. The van der Waals surface area contributed by atoms with E-state index in [-0.39, 0.29) is 0 Å². The molecule has 1 N–H and O–H groups in total. The predicted octanol–water partition coefficient (Wildman–Crippen LogP) is 6.31. The Morgan fingerprint density at radius 1 is 1.12 bits per heavy atom. The van der Waals surface area contributed by atoms with Crippen molar-refractivity contribution in [3.05, 3.63) is 82.4 Å². The molecule has 9 heteroatoms. The summed E-state index contributed by atoms with van der Waals surface area (Å²) in [4.78, 5) is 9.69. The third-order valence-corrected chi connectivity index (χ3v) is 6.01. The van der Waals surface area contributed by atoms with Gasteiger partial charge < -0.3 is 14.6 Å². The lowest BCUT2D eigenvalue weighted by molar-refractivity contribution is -0.137. The Bertz CT molecular complexity index is 1250. The van der Waals surface area contributed by atoms with Crippen LogP contribution in [0.4, 0.5) is 24.0 Å². The van der Waals surface area contributed by atoms with Crippen molar-refractivity contribution in [3.63, 3.8) is 0 Å². The Kier molecular flexibility index (Phi) is 5.92. The van der Waals surface area contributed by atoms with Gasteiger partial charge in [-0.2, -0.15) is 13.2 Å². The van der Waals surface area contributed by atoms with Crippen LogP contribution in [0.5, 0.6) is 5.75 Å². The number of alkyl halides is 3. The Balaban J connectivity index is 1.53. The van der Waals surface area contributed by atoms with Gasteiger partial charge in [-0.3, -0.25) is 0 Å². The summed E-state index contributed by atoms with van der Waals surface area (Å²) in [5.74, 6) is 0.671. The summed E-state index contributed by atoms with van der Waals surface area (Å²) in [6.07, 6.45) is -0.330. The predicted molar refractivity (Wildman–Crippen MR) is 119 cm³/mol. The highest BCUT2D eigenvalue weighted by Gasteiger charge is 2.30. The van der Waals surface area contributed by atoms with Crippen LogP contribution in [0.2, 0.25) is 0 Å². The van der Waals surface area contributed by atoms with Gasteiger partial charge in [-0.15, -0.1) is 11.3 Å². The minimum atomic E-state index is -4.36. The third-order valence-electron chi connectivity index (χ3n) is 4.93. The van der Waals surface area contributed by atoms with Crippen molar-refractivity contribution in [1.82, 2.24) is 14.5 Å². The Hall–Kier alpha value is -3.33. The summed E-state index contributed by atoms with van der Waals surface area (Å²) in [6.45, 7) is 3.77. The van der Waals surface area contributed by atoms with Gasteiger partial charge in [0.15, 0.2) is 5.13 Å². The van der Waals surface area contributed by atoms with E-state index in [4.69, 9.17) is 4.74 Å². The van der Waals surface area contributed by atoms with Crippen molar-refractivity contribution in [2.24, 2.45) is 0 Å². The molecule has 0 saturated heterocycles. The number of imidazole rings is 1. The molecule has 0 unspecified atom stereocenters. The van der Waals surface area contributed by atoms with Gasteiger partial charge >= 0.3 is 6.18 Å². The van der Waals surface area contributed by atoms with Crippen LogP contribution >= 0.6 is 11.3 Å². The van der Waals surface area contributed by atoms with Crippen LogP contribution in [0.3, 0.4) is 0 Å². The van der Waals surface area contributed by atoms with Crippen LogP contribution in [0, 0.1) is 13.8 Å². The molecule has 0 spiro atoms. The molecule has 2 heterocycles. The van der Waals surface area contributed by atoms with Gasteiger partial charge in [0.2, 0.25) is 0 Å². The standard InChI is InChI=1S/C23H21F3N4OS/c1-14-12-30(13-27-14)19-8-7-18(11-20(19)31-3)29-22-28-15(2)21(32-22)10-16-5-4-6-17(9-16)23(24,25)26/h4-9,11-13H,10H2,1-3H3,(H,28,29). The van der Waals surface area contributed by atoms with Crippen molar-refractivity contribution in [2.75, 3.05) is 12.4 Å². The molecule has 0 bridgehead atoms. The normalized spacial score (nSPS) is 11.6. The zero-order valence-corrected chi connectivity index (χ0v) is 18.5. The average molecular weight is 459 g/mol. The molecule has 0 aliphatic rings. The van der Waals surface area contributed by atoms with E-state index in [1.54, 1.807) is 19.5 Å². The second kappa shape index (κ2) is 8.66. The molecule has 4 aromatic rings. The van der Waals surface area contributed by atoms with Gasteiger partial charge in [0.25, 0.3) is 0 Å².